The van der Waals surface area contributed by atoms with Crippen molar-refractivity contribution < 1.29 is 35.9 Å². The van der Waals surface area contributed by atoms with E-state index in [2.05, 4.69) is 15.3 Å². The van der Waals surface area contributed by atoms with Crippen LogP contribution in [0.1, 0.15) is 24.8 Å². The van der Waals surface area contributed by atoms with Crippen LogP contribution in [0.15, 0.2) is 24.2 Å². The molecular formula is C20H21F6N5O2. The summed E-state index contributed by atoms with van der Waals surface area (Å²) in [6, 6.07) is 0. The van der Waals surface area contributed by atoms with E-state index in [1.807, 2.05) is 0 Å². The maximum Gasteiger partial charge on any atom is 0.419 e. The standard InChI is InChI=1S/C20H21F6N5O2/c21-19(22,23)14-9-28-18(29-10-14)31-3-1-30(2-4-31)17(33)12-5-11(6-12)13-7-15(20(24,25)26)16(32)27-8-13/h8-12,15H,1-7H2,(H,27,32). The first-order valence-electron chi connectivity index (χ1n) is 10.4. The number of piperazine rings is 1. The van der Waals surface area contributed by atoms with Crippen molar-refractivity contribution in [3.05, 3.63) is 29.7 Å². The molecule has 0 bridgehead atoms. The van der Waals surface area contributed by atoms with Crippen molar-refractivity contribution in [1.29, 1.82) is 0 Å². The van der Waals surface area contributed by atoms with Gasteiger partial charge in [-0.05, 0) is 30.8 Å². The van der Waals surface area contributed by atoms with E-state index in [0.29, 0.717) is 44.6 Å². The second-order valence-electron chi connectivity index (χ2n) is 8.47. The third-order valence-corrected chi connectivity index (χ3v) is 6.40. The number of rotatable bonds is 3. The summed E-state index contributed by atoms with van der Waals surface area (Å²) in [4.78, 5) is 35.1. The van der Waals surface area contributed by atoms with Crippen molar-refractivity contribution in [2.75, 3.05) is 31.1 Å². The lowest BCUT2D eigenvalue weighted by Crippen LogP contribution is -2.52. The molecule has 2 fully saturated rings. The Balaban J connectivity index is 1.26. The zero-order valence-electron chi connectivity index (χ0n) is 17.3. The van der Waals surface area contributed by atoms with E-state index >= 15 is 0 Å². The van der Waals surface area contributed by atoms with Crippen LogP contribution >= 0.6 is 0 Å². The summed E-state index contributed by atoms with van der Waals surface area (Å²) in [7, 11) is 0. The van der Waals surface area contributed by atoms with Crippen molar-refractivity contribution in [2.24, 2.45) is 17.8 Å². The van der Waals surface area contributed by atoms with Gasteiger partial charge in [0.1, 0.15) is 5.92 Å². The van der Waals surface area contributed by atoms with Gasteiger partial charge in [0.25, 0.3) is 0 Å². The van der Waals surface area contributed by atoms with Crippen LogP contribution < -0.4 is 10.2 Å². The van der Waals surface area contributed by atoms with E-state index < -0.39 is 29.7 Å². The first-order valence-corrected chi connectivity index (χ1v) is 10.4. The lowest BCUT2D eigenvalue weighted by molar-refractivity contribution is -0.183. The van der Waals surface area contributed by atoms with E-state index in [9.17, 15) is 35.9 Å². The molecular weight excluding hydrogens is 456 g/mol. The van der Waals surface area contributed by atoms with Gasteiger partial charge >= 0.3 is 12.4 Å². The average Bonchev–Trinajstić information content (AvgIpc) is 2.72. The Kier molecular flexibility index (Phi) is 5.99. The highest BCUT2D eigenvalue weighted by molar-refractivity contribution is 5.82. The maximum absolute atomic E-state index is 13.0. The number of amides is 2. The second kappa shape index (κ2) is 8.49. The number of alkyl halides is 6. The molecule has 0 spiro atoms. The van der Waals surface area contributed by atoms with Crippen LogP contribution in [0.25, 0.3) is 0 Å². The van der Waals surface area contributed by atoms with Gasteiger partial charge in [-0.25, -0.2) is 9.97 Å². The summed E-state index contributed by atoms with van der Waals surface area (Å²) in [5, 5.41) is 2.18. The normalized spacial score (nSPS) is 26.4. The predicted molar refractivity (Wildman–Crippen MR) is 102 cm³/mol. The van der Waals surface area contributed by atoms with Crippen LogP contribution in [0.2, 0.25) is 0 Å². The van der Waals surface area contributed by atoms with Crippen molar-refractivity contribution in [1.82, 2.24) is 20.2 Å². The van der Waals surface area contributed by atoms with Gasteiger partial charge in [-0.3, -0.25) is 9.59 Å². The van der Waals surface area contributed by atoms with Gasteiger partial charge in [-0.15, -0.1) is 0 Å². The number of hydrogen-bond acceptors (Lipinski definition) is 5. The van der Waals surface area contributed by atoms with Gasteiger partial charge in [0.15, 0.2) is 0 Å². The van der Waals surface area contributed by atoms with Crippen LogP contribution in [0.3, 0.4) is 0 Å². The summed E-state index contributed by atoms with van der Waals surface area (Å²) >= 11 is 0. The molecule has 1 aliphatic carbocycles. The van der Waals surface area contributed by atoms with Gasteiger partial charge in [0.05, 0.1) is 5.56 Å². The van der Waals surface area contributed by atoms with Crippen molar-refractivity contribution in [2.45, 2.75) is 31.6 Å². The Morgan fingerprint density at radius 2 is 1.61 bits per heavy atom. The summed E-state index contributed by atoms with van der Waals surface area (Å²) in [6.45, 7) is 1.41. The Morgan fingerprint density at radius 1 is 1.00 bits per heavy atom. The van der Waals surface area contributed by atoms with Crippen LogP contribution in [-0.4, -0.2) is 59.0 Å². The Bertz CT molecular complexity index is 932. The molecule has 1 N–H and O–H groups in total. The molecule has 3 aliphatic rings. The molecule has 13 heteroatoms. The summed E-state index contributed by atoms with van der Waals surface area (Å²) in [6.07, 6.45) is -5.89. The number of carbonyl (C=O) groups is 2. The van der Waals surface area contributed by atoms with Crippen LogP contribution in [0.5, 0.6) is 0 Å². The summed E-state index contributed by atoms with van der Waals surface area (Å²) < 4.78 is 77.0. The van der Waals surface area contributed by atoms with Crippen molar-refractivity contribution >= 4 is 17.8 Å². The molecule has 33 heavy (non-hydrogen) atoms. The second-order valence-corrected chi connectivity index (χ2v) is 8.47. The van der Waals surface area contributed by atoms with Crippen LogP contribution in [0, 0.1) is 17.8 Å². The fourth-order valence-electron chi connectivity index (χ4n) is 4.34. The molecule has 180 valence electrons. The third-order valence-electron chi connectivity index (χ3n) is 6.40. The number of hydrogen-bond donors (Lipinski definition) is 1. The molecule has 2 amide bonds. The smallest absolute Gasteiger partial charge is 0.339 e. The first-order chi connectivity index (χ1) is 15.4. The fraction of sp³-hybridized carbons (Fsp3) is 0.600. The van der Waals surface area contributed by atoms with Crippen molar-refractivity contribution in [3.63, 3.8) is 0 Å². The Labute approximate surface area is 184 Å². The van der Waals surface area contributed by atoms with Gasteiger partial charge in [0, 0.05) is 50.7 Å². The van der Waals surface area contributed by atoms with E-state index in [1.54, 1.807) is 9.80 Å². The van der Waals surface area contributed by atoms with Gasteiger partial charge in [-0.1, -0.05) is 0 Å². The third kappa shape index (κ3) is 4.91. The molecule has 3 heterocycles. The topological polar surface area (TPSA) is 78.4 Å². The number of nitrogens with zero attached hydrogens (tertiary/aromatic N) is 4. The SMILES string of the molecule is O=C1NC=C(C2CC(C(=O)N3CCN(c4ncc(C(F)(F)F)cn4)CC3)C2)CC1C(F)(F)F. The number of anilines is 1. The molecule has 1 atom stereocenters. The monoisotopic (exact) mass is 477 g/mol. The number of carbonyl (C=O) groups excluding carboxylic acids is 2. The zero-order valence-corrected chi connectivity index (χ0v) is 17.3. The highest BCUT2D eigenvalue weighted by Gasteiger charge is 2.49. The average molecular weight is 477 g/mol. The molecule has 1 saturated heterocycles. The lowest BCUT2D eigenvalue weighted by atomic mass is 9.68. The predicted octanol–water partition coefficient (Wildman–Crippen LogP) is 2.75. The van der Waals surface area contributed by atoms with Gasteiger partial charge in [-0.2, -0.15) is 26.3 Å². The minimum atomic E-state index is -4.61. The molecule has 1 aromatic heterocycles. The molecule has 1 saturated carbocycles. The molecule has 1 aromatic rings. The number of halogens is 6. The Hall–Kier alpha value is -2.86. The van der Waals surface area contributed by atoms with E-state index in [-0.39, 0.29) is 30.1 Å². The van der Waals surface area contributed by atoms with Gasteiger partial charge < -0.3 is 15.1 Å². The maximum atomic E-state index is 13.0. The number of aromatic nitrogens is 2. The quantitative estimate of drug-likeness (QED) is 0.678. The van der Waals surface area contributed by atoms with Crippen molar-refractivity contribution in [3.8, 4) is 0 Å². The highest BCUT2D eigenvalue weighted by atomic mass is 19.4. The highest BCUT2D eigenvalue weighted by Crippen LogP contribution is 2.44. The van der Waals surface area contributed by atoms with E-state index in [1.165, 1.54) is 6.20 Å². The molecule has 0 aromatic carbocycles. The molecule has 0 radical (unpaired) electrons. The Morgan fingerprint density at radius 3 is 2.15 bits per heavy atom. The molecule has 1 unspecified atom stereocenters. The minimum absolute atomic E-state index is 0.0907. The molecule has 7 nitrogen and oxygen atoms in total. The largest absolute Gasteiger partial charge is 0.419 e. The zero-order chi connectivity index (χ0) is 24.0. The number of nitrogens with one attached hydrogen (secondary N) is 1. The number of allylic oxidation sites excluding steroid dienone is 1. The van der Waals surface area contributed by atoms with Gasteiger partial charge in [0.2, 0.25) is 17.8 Å². The summed E-state index contributed by atoms with van der Waals surface area (Å²) in [5.74, 6) is -3.53. The molecule has 2 aliphatic heterocycles. The van der Waals surface area contributed by atoms with E-state index in [0.717, 1.165) is 12.4 Å². The van der Waals surface area contributed by atoms with Crippen LogP contribution in [-0.2, 0) is 15.8 Å². The summed E-state index contributed by atoms with van der Waals surface area (Å²) in [5.41, 5.74) is -0.431. The minimum Gasteiger partial charge on any atom is -0.339 e. The lowest BCUT2D eigenvalue weighted by Gasteiger charge is -2.42. The van der Waals surface area contributed by atoms with Crippen LogP contribution in [0.4, 0.5) is 32.3 Å². The fourth-order valence-corrected chi connectivity index (χ4v) is 4.34. The van der Waals surface area contributed by atoms with E-state index in [4.69, 9.17) is 0 Å². The first kappa shape index (κ1) is 23.3. The molecule has 4 rings (SSSR count).